The second-order valence-electron chi connectivity index (χ2n) is 4.72. The van der Waals surface area contributed by atoms with E-state index in [1.807, 2.05) is 30.3 Å². The SMILES string of the molecule is c1cc(-c2nc(-c3ccncc3)no2)cc(-c2cccs2)c1. The number of aromatic nitrogens is 3. The van der Waals surface area contributed by atoms with Gasteiger partial charge in [-0.25, -0.2) is 0 Å². The zero-order valence-electron chi connectivity index (χ0n) is 11.5. The van der Waals surface area contributed by atoms with E-state index < -0.39 is 0 Å². The minimum absolute atomic E-state index is 0.519. The van der Waals surface area contributed by atoms with Gasteiger partial charge in [0.05, 0.1) is 0 Å². The van der Waals surface area contributed by atoms with Crippen molar-refractivity contribution in [2.45, 2.75) is 0 Å². The van der Waals surface area contributed by atoms with Gasteiger partial charge in [-0.2, -0.15) is 4.98 Å². The Hall–Kier alpha value is -2.79. The Kier molecular flexibility index (Phi) is 3.25. The minimum Gasteiger partial charge on any atom is -0.334 e. The monoisotopic (exact) mass is 305 g/mol. The number of pyridine rings is 1. The molecule has 0 unspecified atom stereocenters. The summed E-state index contributed by atoms with van der Waals surface area (Å²) in [6.45, 7) is 0. The van der Waals surface area contributed by atoms with E-state index in [0.29, 0.717) is 11.7 Å². The van der Waals surface area contributed by atoms with Crippen molar-refractivity contribution in [3.05, 3.63) is 66.3 Å². The lowest BCUT2D eigenvalue weighted by atomic mass is 10.1. The molecule has 0 radical (unpaired) electrons. The normalized spacial score (nSPS) is 10.7. The summed E-state index contributed by atoms with van der Waals surface area (Å²) < 4.78 is 5.40. The second kappa shape index (κ2) is 5.54. The molecule has 4 nitrogen and oxygen atoms in total. The second-order valence-corrected chi connectivity index (χ2v) is 5.66. The topological polar surface area (TPSA) is 51.8 Å². The largest absolute Gasteiger partial charge is 0.334 e. The van der Waals surface area contributed by atoms with Gasteiger partial charge in [-0.15, -0.1) is 11.3 Å². The van der Waals surface area contributed by atoms with Crippen LogP contribution in [0.4, 0.5) is 0 Å². The molecule has 22 heavy (non-hydrogen) atoms. The van der Waals surface area contributed by atoms with E-state index in [2.05, 4.69) is 38.7 Å². The van der Waals surface area contributed by atoms with Crippen LogP contribution in [0.3, 0.4) is 0 Å². The number of nitrogens with zero attached hydrogens (tertiary/aromatic N) is 3. The highest BCUT2D eigenvalue weighted by Gasteiger charge is 2.11. The van der Waals surface area contributed by atoms with Crippen molar-refractivity contribution in [1.29, 1.82) is 0 Å². The summed E-state index contributed by atoms with van der Waals surface area (Å²) in [6.07, 6.45) is 3.42. The highest BCUT2D eigenvalue weighted by Crippen LogP contribution is 2.29. The summed E-state index contributed by atoms with van der Waals surface area (Å²) in [5.74, 6) is 1.09. The van der Waals surface area contributed by atoms with E-state index in [9.17, 15) is 0 Å². The molecule has 4 rings (SSSR count). The lowest BCUT2D eigenvalue weighted by Gasteiger charge is -1.99. The van der Waals surface area contributed by atoms with Crippen LogP contribution in [0.2, 0.25) is 0 Å². The van der Waals surface area contributed by atoms with E-state index >= 15 is 0 Å². The number of hydrogen-bond acceptors (Lipinski definition) is 5. The van der Waals surface area contributed by atoms with Crippen LogP contribution < -0.4 is 0 Å². The smallest absolute Gasteiger partial charge is 0.258 e. The molecular weight excluding hydrogens is 294 g/mol. The molecule has 0 bridgehead atoms. The predicted molar refractivity (Wildman–Crippen MR) is 86.3 cm³/mol. The standard InChI is InChI=1S/C17H11N3OS/c1-3-13(15-5-2-10-22-15)11-14(4-1)17-19-16(20-21-17)12-6-8-18-9-7-12/h1-11H. The summed E-state index contributed by atoms with van der Waals surface area (Å²) in [5, 5.41) is 6.11. The molecule has 0 atom stereocenters. The van der Waals surface area contributed by atoms with Crippen molar-refractivity contribution in [2.75, 3.05) is 0 Å². The third kappa shape index (κ3) is 2.42. The van der Waals surface area contributed by atoms with Crippen molar-refractivity contribution in [3.63, 3.8) is 0 Å². The van der Waals surface area contributed by atoms with E-state index in [-0.39, 0.29) is 0 Å². The van der Waals surface area contributed by atoms with Crippen molar-refractivity contribution in [1.82, 2.24) is 15.1 Å². The van der Waals surface area contributed by atoms with Gasteiger partial charge in [0.25, 0.3) is 5.89 Å². The van der Waals surface area contributed by atoms with Crippen LogP contribution in [0.1, 0.15) is 0 Å². The lowest BCUT2D eigenvalue weighted by molar-refractivity contribution is 0.432. The third-order valence-corrected chi connectivity index (χ3v) is 4.20. The quantitative estimate of drug-likeness (QED) is 0.558. The fourth-order valence-corrected chi connectivity index (χ4v) is 2.93. The fraction of sp³-hybridized carbons (Fsp3) is 0. The van der Waals surface area contributed by atoms with Gasteiger partial charge in [0.1, 0.15) is 0 Å². The first kappa shape index (κ1) is 12.9. The Labute approximate surface area is 131 Å². The van der Waals surface area contributed by atoms with Gasteiger partial charge in [0.15, 0.2) is 0 Å². The molecule has 0 fully saturated rings. The molecule has 0 N–H and O–H groups in total. The number of rotatable bonds is 3. The molecule has 5 heteroatoms. The van der Waals surface area contributed by atoms with Crippen LogP contribution in [0, 0.1) is 0 Å². The third-order valence-electron chi connectivity index (χ3n) is 3.28. The van der Waals surface area contributed by atoms with Crippen LogP contribution in [0.15, 0.2) is 70.8 Å². The van der Waals surface area contributed by atoms with E-state index in [0.717, 1.165) is 16.7 Å². The minimum atomic E-state index is 0.519. The summed E-state index contributed by atoms with van der Waals surface area (Å²) in [4.78, 5) is 9.68. The Morgan fingerprint density at radius 1 is 0.864 bits per heavy atom. The van der Waals surface area contributed by atoms with Crippen molar-refractivity contribution in [3.8, 4) is 33.3 Å². The maximum absolute atomic E-state index is 5.40. The molecule has 0 saturated carbocycles. The molecule has 3 aromatic heterocycles. The van der Waals surface area contributed by atoms with Gasteiger partial charge >= 0.3 is 0 Å². The van der Waals surface area contributed by atoms with Crippen molar-refractivity contribution in [2.24, 2.45) is 0 Å². The van der Waals surface area contributed by atoms with Crippen LogP contribution >= 0.6 is 11.3 Å². The lowest BCUT2D eigenvalue weighted by Crippen LogP contribution is -1.82. The van der Waals surface area contributed by atoms with Gasteiger partial charge in [0, 0.05) is 28.4 Å². The molecule has 3 heterocycles. The summed E-state index contributed by atoms with van der Waals surface area (Å²) in [6, 6.07) is 16.0. The maximum Gasteiger partial charge on any atom is 0.258 e. The molecule has 0 aliphatic carbocycles. The zero-order chi connectivity index (χ0) is 14.8. The zero-order valence-corrected chi connectivity index (χ0v) is 12.3. The average molecular weight is 305 g/mol. The highest BCUT2D eigenvalue weighted by molar-refractivity contribution is 7.13. The van der Waals surface area contributed by atoms with Crippen LogP contribution in [0.25, 0.3) is 33.3 Å². The fourth-order valence-electron chi connectivity index (χ4n) is 2.21. The Morgan fingerprint density at radius 3 is 2.55 bits per heavy atom. The molecule has 0 saturated heterocycles. The Balaban J connectivity index is 1.71. The van der Waals surface area contributed by atoms with Crippen LogP contribution in [-0.2, 0) is 0 Å². The van der Waals surface area contributed by atoms with Crippen LogP contribution in [-0.4, -0.2) is 15.1 Å². The van der Waals surface area contributed by atoms with E-state index in [1.54, 1.807) is 23.7 Å². The molecular formula is C17H11N3OS. The molecule has 0 amide bonds. The summed E-state index contributed by atoms with van der Waals surface area (Å²) in [5.41, 5.74) is 2.95. The number of benzene rings is 1. The highest BCUT2D eigenvalue weighted by atomic mass is 32.1. The molecule has 0 spiro atoms. The van der Waals surface area contributed by atoms with Crippen molar-refractivity contribution >= 4 is 11.3 Å². The summed E-state index contributed by atoms with van der Waals surface area (Å²) >= 11 is 1.71. The first-order valence-corrected chi connectivity index (χ1v) is 7.66. The first-order chi connectivity index (χ1) is 10.9. The van der Waals surface area contributed by atoms with Gasteiger partial charge in [-0.05, 0) is 41.3 Å². The molecule has 1 aromatic carbocycles. The first-order valence-electron chi connectivity index (χ1n) is 6.78. The van der Waals surface area contributed by atoms with E-state index in [4.69, 9.17) is 4.52 Å². The number of hydrogen-bond donors (Lipinski definition) is 0. The van der Waals surface area contributed by atoms with E-state index in [1.165, 1.54) is 4.88 Å². The average Bonchev–Trinajstić information content (AvgIpc) is 3.28. The van der Waals surface area contributed by atoms with Gasteiger partial charge in [-0.1, -0.05) is 23.4 Å². The Morgan fingerprint density at radius 2 is 1.73 bits per heavy atom. The van der Waals surface area contributed by atoms with Gasteiger partial charge in [-0.3, -0.25) is 4.98 Å². The summed E-state index contributed by atoms with van der Waals surface area (Å²) in [7, 11) is 0. The van der Waals surface area contributed by atoms with Gasteiger partial charge < -0.3 is 4.52 Å². The number of thiophene rings is 1. The van der Waals surface area contributed by atoms with Crippen LogP contribution in [0.5, 0.6) is 0 Å². The molecule has 0 aliphatic heterocycles. The molecule has 0 aliphatic rings. The van der Waals surface area contributed by atoms with Gasteiger partial charge in [0.2, 0.25) is 5.82 Å². The molecule has 4 aromatic rings. The predicted octanol–water partition coefficient (Wildman–Crippen LogP) is 4.53. The maximum atomic E-state index is 5.40. The molecule has 106 valence electrons. The van der Waals surface area contributed by atoms with Crippen molar-refractivity contribution < 1.29 is 4.52 Å². The Bertz CT molecular complexity index is 885.